The maximum absolute atomic E-state index is 15.0. The van der Waals surface area contributed by atoms with Gasteiger partial charge in [-0.05, 0) is 35.9 Å². The third-order valence-corrected chi connectivity index (χ3v) is 5.95. The van der Waals surface area contributed by atoms with Gasteiger partial charge in [0.2, 0.25) is 5.95 Å². The highest BCUT2D eigenvalue weighted by molar-refractivity contribution is 6.30. The van der Waals surface area contributed by atoms with Crippen molar-refractivity contribution in [1.29, 1.82) is 0 Å². The van der Waals surface area contributed by atoms with Crippen molar-refractivity contribution in [1.82, 2.24) is 14.8 Å². The summed E-state index contributed by atoms with van der Waals surface area (Å²) in [6.45, 7) is 0. The number of aromatic nitrogens is 3. The summed E-state index contributed by atoms with van der Waals surface area (Å²) < 4.78 is 23.2. The van der Waals surface area contributed by atoms with Crippen LogP contribution in [-0.2, 0) is 0 Å². The fourth-order valence-electron chi connectivity index (χ4n) is 4.33. The molecule has 0 saturated heterocycles. The van der Waals surface area contributed by atoms with E-state index < -0.39 is 12.1 Å². The third-order valence-electron chi connectivity index (χ3n) is 5.69. The van der Waals surface area contributed by atoms with Crippen LogP contribution in [0.15, 0.2) is 84.7 Å². The van der Waals surface area contributed by atoms with Gasteiger partial charge in [-0.2, -0.15) is 10.1 Å². The summed E-state index contributed by atoms with van der Waals surface area (Å²) in [5.41, 5.74) is 4.04. The van der Waals surface area contributed by atoms with Gasteiger partial charge in [0.25, 0.3) is 0 Å². The molecule has 152 valence electrons. The van der Waals surface area contributed by atoms with Crippen LogP contribution in [0.3, 0.4) is 0 Å². The van der Waals surface area contributed by atoms with Crippen LogP contribution >= 0.6 is 11.6 Å². The molecule has 0 saturated carbocycles. The molecule has 0 unspecified atom stereocenters. The Morgan fingerprint density at radius 2 is 1.74 bits per heavy atom. The molecule has 6 rings (SSSR count). The number of nitrogens with one attached hydrogen (secondary N) is 1. The maximum atomic E-state index is 15.0. The molecule has 0 fully saturated rings. The highest BCUT2D eigenvalue weighted by atomic mass is 35.5. The standard InChI is InChI=1S/C24H16ClFN4O/c25-15-11-9-14(10-12-15)23-20-21(17-6-2-4-8-19(17)31-23)29-24-27-13-28-30(24)22(20)16-5-1-3-7-18(16)26/h1-13,22-23H,(H,27,28,29)/t22-,23-/m0/s1. The Labute approximate surface area is 182 Å². The second-order valence-corrected chi connectivity index (χ2v) is 7.89. The fourth-order valence-corrected chi connectivity index (χ4v) is 4.45. The van der Waals surface area contributed by atoms with Gasteiger partial charge in [0, 0.05) is 21.7 Å². The molecule has 2 aliphatic heterocycles. The summed E-state index contributed by atoms with van der Waals surface area (Å²) in [6.07, 6.45) is 1.01. The van der Waals surface area contributed by atoms with Gasteiger partial charge in [0.15, 0.2) is 0 Å². The van der Waals surface area contributed by atoms with Crippen molar-refractivity contribution in [2.75, 3.05) is 5.32 Å². The van der Waals surface area contributed by atoms with Gasteiger partial charge in [0.1, 0.15) is 30.0 Å². The van der Waals surface area contributed by atoms with Crippen LogP contribution in [0, 0.1) is 5.82 Å². The van der Waals surface area contributed by atoms with Gasteiger partial charge in [-0.15, -0.1) is 0 Å². The lowest BCUT2D eigenvalue weighted by Crippen LogP contribution is -2.32. The van der Waals surface area contributed by atoms with Crippen LogP contribution in [-0.4, -0.2) is 14.8 Å². The van der Waals surface area contributed by atoms with E-state index in [9.17, 15) is 0 Å². The van der Waals surface area contributed by atoms with Crippen molar-refractivity contribution in [2.45, 2.75) is 12.1 Å². The van der Waals surface area contributed by atoms with E-state index in [0.29, 0.717) is 16.5 Å². The van der Waals surface area contributed by atoms with Crippen molar-refractivity contribution >= 4 is 23.2 Å². The molecule has 2 aliphatic rings. The molecule has 3 heterocycles. The van der Waals surface area contributed by atoms with E-state index in [2.05, 4.69) is 15.4 Å². The van der Waals surface area contributed by atoms with Crippen molar-refractivity contribution in [2.24, 2.45) is 0 Å². The lowest BCUT2D eigenvalue weighted by Gasteiger charge is -2.39. The first-order valence-electron chi connectivity index (χ1n) is 9.87. The quantitative estimate of drug-likeness (QED) is 0.447. The Balaban J connectivity index is 1.65. The van der Waals surface area contributed by atoms with E-state index in [4.69, 9.17) is 16.3 Å². The minimum atomic E-state index is -0.524. The van der Waals surface area contributed by atoms with Gasteiger partial charge >= 0.3 is 0 Å². The number of rotatable bonds is 2. The highest BCUT2D eigenvalue weighted by Gasteiger charge is 2.41. The molecule has 0 amide bonds. The summed E-state index contributed by atoms with van der Waals surface area (Å²) in [5, 5.41) is 8.46. The van der Waals surface area contributed by atoms with Gasteiger partial charge in [-0.25, -0.2) is 9.07 Å². The Hall–Kier alpha value is -3.64. The second-order valence-electron chi connectivity index (χ2n) is 7.45. The topological polar surface area (TPSA) is 52.0 Å². The molecule has 0 bridgehead atoms. The van der Waals surface area contributed by atoms with Gasteiger partial charge < -0.3 is 10.1 Å². The summed E-state index contributed by atoms with van der Waals surface area (Å²) in [5.74, 6) is 0.990. The molecule has 4 aromatic rings. The van der Waals surface area contributed by atoms with Crippen molar-refractivity contribution in [3.63, 3.8) is 0 Å². The molecule has 5 nitrogen and oxygen atoms in total. The molecular weight excluding hydrogens is 415 g/mol. The van der Waals surface area contributed by atoms with E-state index in [0.717, 1.165) is 28.1 Å². The zero-order chi connectivity index (χ0) is 20.9. The predicted molar refractivity (Wildman–Crippen MR) is 116 cm³/mol. The largest absolute Gasteiger partial charge is 0.480 e. The van der Waals surface area contributed by atoms with E-state index in [1.807, 2.05) is 54.6 Å². The highest BCUT2D eigenvalue weighted by Crippen LogP contribution is 2.50. The Bertz CT molecular complexity index is 1330. The van der Waals surface area contributed by atoms with Crippen LogP contribution in [0.25, 0.3) is 5.70 Å². The van der Waals surface area contributed by atoms with E-state index in [1.54, 1.807) is 16.8 Å². The van der Waals surface area contributed by atoms with E-state index in [-0.39, 0.29) is 5.82 Å². The van der Waals surface area contributed by atoms with Crippen molar-refractivity contribution in [3.8, 4) is 5.75 Å². The SMILES string of the molecule is Fc1ccccc1[C@H]1C2=C(Nc3ncnn31)c1ccccc1O[C@H]2c1ccc(Cl)cc1. The summed E-state index contributed by atoms with van der Waals surface area (Å²) in [6, 6.07) is 21.5. The third kappa shape index (κ3) is 2.83. The second kappa shape index (κ2) is 6.96. The molecule has 1 N–H and O–H groups in total. The average Bonchev–Trinajstić information content (AvgIpc) is 3.27. The van der Waals surface area contributed by atoms with Crippen molar-refractivity contribution < 1.29 is 9.13 Å². The Morgan fingerprint density at radius 3 is 2.58 bits per heavy atom. The summed E-state index contributed by atoms with van der Waals surface area (Å²) >= 11 is 6.13. The number of ether oxygens (including phenoxy) is 1. The average molecular weight is 431 g/mol. The number of hydrogen-bond acceptors (Lipinski definition) is 4. The van der Waals surface area contributed by atoms with Crippen molar-refractivity contribution in [3.05, 3.63) is 112 Å². The first-order chi connectivity index (χ1) is 15.2. The smallest absolute Gasteiger partial charge is 0.226 e. The van der Waals surface area contributed by atoms with E-state index >= 15 is 4.39 Å². The number of fused-ring (bicyclic) bond motifs is 3. The summed E-state index contributed by atoms with van der Waals surface area (Å²) in [7, 11) is 0. The normalized spacial score (nSPS) is 19.0. The lowest BCUT2D eigenvalue weighted by molar-refractivity contribution is 0.222. The van der Waals surface area contributed by atoms with Crippen LogP contribution < -0.4 is 10.1 Å². The molecule has 0 radical (unpaired) electrons. The Morgan fingerprint density at radius 1 is 0.968 bits per heavy atom. The minimum Gasteiger partial charge on any atom is -0.480 e. The number of anilines is 1. The first kappa shape index (κ1) is 18.2. The first-order valence-corrected chi connectivity index (χ1v) is 10.2. The molecule has 0 aliphatic carbocycles. The van der Waals surface area contributed by atoms with Crippen LogP contribution in [0.2, 0.25) is 5.02 Å². The van der Waals surface area contributed by atoms with Crippen LogP contribution in [0.4, 0.5) is 10.3 Å². The number of hydrogen-bond donors (Lipinski definition) is 1. The molecule has 0 spiro atoms. The molecule has 2 atom stereocenters. The summed E-state index contributed by atoms with van der Waals surface area (Å²) in [4.78, 5) is 4.36. The minimum absolute atomic E-state index is 0.309. The fraction of sp³-hybridized carbons (Fsp3) is 0.0833. The Kier molecular flexibility index (Phi) is 4.07. The molecule has 7 heteroatoms. The zero-order valence-electron chi connectivity index (χ0n) is 16.2. The molecule has 1 aromatic heterocycles. The molecule has 3 aromatic carbocycles. The number of benzene rings is 3. The number of halogens is 2. The van der Waals surface area contributed by atoms with Gasteiger partial charge in [0.05, 0.1) is 5.70 Å². The number of nitrogens with zero attached hydrogens (tertiary/aromatic N) is 3. The monoisotopic (exact) mass is 430 g/mol. The predicted octanol–water partition coefficient (Wildman–Crippen LogP) is 5.63. The van der Waals surface area contributed by atoms with Crippen LogP contribution in [0.5, 0.6) is 5.75 Å². The molecular formula is C24H16ClFN4O. The number of para-hydroxylation sites is 1. The maximum Gasteiger partial charge on any atom is 0.226 e. The van der Waals surface area contributed by atoms with Crippen LogP contribution in [0.1, 0.15) is 28.8 Å². The lowest BCUT2D eigenvalue weighted by atomic mass is 9.84. The van der Waals surface area contributed by atoms with Gasteiger partial charge in [-0.1, -0.05) is 54.1 Å². The van der Waals surface area contributed by atoms with E-state index in [1.165, 1.54) is 12.4 Å². The molecule has 31 heavy (non-hydrogen) atoms. The zero-order valence-corrected chi connectivity index (χ0v) is 16.9. The van der Waals surface area contributed by atoms with Gasteiger partial charge in [-0.3, -0.25) is 0 Å².